The summed E-state index contributed by atoms with van der Waals surface area (Å²) in [4.78, 5) is 11.9. The average Bonchev–Trinajstić information content (AvgIpc) is 2.50. The Morgan fingerprint density at radius 1 is 0.955 bits per heavy atom. The first-order valence-corrected chi connectivity index (χ1v) is 7.22. The van der Waals surface area contributed by atoms with Gasteiger partial charge in [-0.25, -0.2) is 4.79 Å². The van der Waals surface area contributed by atoms with Gasteiger partial charge in [0.05, 0.1) is 6.61 Å². The van der Waals surface area contributed by atoms with E-state index in [0.29, 0.717) is 23.9 Å². The van der Waals surface area contributed by atoms with Crippen LogP contribution in [0.25, 0.3) is 0 Å². The molecule has 0 aliphatic rings. The van der Waals surface area contributed by atoms with Crippen LogP contribution in [0.5, 0.6) is 17.2 Å². The number of ether oxygens (including phenoxy) is 3. The van der Waals surface area contributed by atoms with Crippen LogP contribution in [-0.4, -0.2) is 19.2 Å². The summed E-state index contributed by atoms with van der Waals surface area (Å²) in [5.41, 5.74) is 2.06. The minimum Gasteiger partial charge on any atom is -0.490 e. The molecule has 4 heteroatoms. The molecule has 0 radical (unpaired) electrons. The highest BCUT2D eigenvalue weighted by Gasteiger charge is 2.11. The van der Waals surface area contributed by atoms with Crippen molar-refractivity contribution >= 4 is 5.97 Å². The topological polar surface area (TPSA) is 44.8 Å². The number of benzene rings is 2. The number of hydrogen-bond acceptors (Lipinski definition) is 4. The molecule has 0 aliphatic carbocycles. The molecule has 0 N–H and O–H groups in total. The van der Waals surface area contributed by atoms with Crippen molar-refractivity contribution in [1.82, 2.24) is 0 Å². The fourth-order valence-corrected chi connectivity index (χ4v) is 1.96. The van der Waals surface area contributed by atoms with Crippen molar-refractivity contribution < 1.29 is 19.0 Å². The van der Waals surface area contributed by atoms with E-state index in [1.54, 1.807) is 18.2 Å². The molecule has 2 aromatic carbocycles. The van der Waals surface area contributed by atoms with Gasteiger partial charge >= 0.3 is 5.97 Å². The van der Waals surface area contributed by atoms with E-state index in [2.05, 4.69) is 0 Å². The number of aryl methyl sites for hydroxylation is 2. The first kappa shape index (κ1) is 15.9. The molecular weight excluding hydrogens is 280 g/mol. The number of rotatable bonds is 6. The number of hydrogen-bond donors (Lipinski definition) is 0. The number of para-hydroxylation sites is 2. The summed E-state index contributed by atoms with van der Waals surface area (Å²) >= 11 is 0. The molecule has 2 aromatic rings. The molecule has 0 amide bonds. The summed E-state index contributed by atoms with van der Waals surface area (Å²) in [6.45, 7) is 6.15. The lowest BCUT2D eigenvalue weighted by atomic mass is 10.1. The SMILES string of the molecule is CCOc1ccccc1OC(=O)COc1cc(C)ccc1C. The van der Waals surface area contributed by atoms with Gasteiger partial charge in [0.15, 0.2) is 18.1 Å². The van der Waals surface area contributed by atoms with Crippen LogP contribution in [0.2, 0.25) is 0 Å². The third-order valence-corrected chi connectivity index (χ3v) is 3.06. The molecular formula is C18H20O4. The summed E-state index contributed by atoms with van der Waals surface area (Å²) < 4.78 is 16.3. The maximum Gasteiger partial charge on any atom is 0.349 e. The predicted octanol–water partition coefficient (Wildman–Crippen LogP) is 3.69. The lowest BCUT2D eigenvalue weighted by Gasteiger charge is -2.12. The van der Waals surface area contributed by atoms with Gasteiger partial charge in [-0.15, -0.1) is 0 Å². The maximum atomic E-state index is 11.9. The monoisotopic (exact) mass is 300 g/mol. The van der Waals surface area contributed by atoms with Gasteiger partial charge < -0.3 is 14.2 Å². The molecule has 0 aromatic heterocycles. The molecule has 0 bridgehead atoms. The second kappa shape index (κ2) is 7.50. The second-order valence-corrected chi connectivity index (χ2v) is 4.91. The second-order valence-electron chi connectivity index (χ2n) is 4.91. The van der Waals surface area contributed by atoms with Crippen molar-refractivity contribution in [3.8, 4) is 17.2 Å². The molecule has 116 valence electrons. The molecule has 2 rings (SSSR count). The average molecular weight is 300 g/mol. The first-order valence-electron chi connectivity index (χ1n) is 7.22. The smallest absolute Gasteiger partial charge is 0.349 e. The largest absolute Gasteiger partial charge is 0.490 e. The van der Waals surface area contributed by atoms with Gasteiger partial charge in [-0.05, 0) is 50.1 Å². The molecule has 22 heavy (non-hydrogen) atoms. The zero-order valence-corrected chi connectivity index (χ0v) is 13.1. The zero-order valence-electron chi connectivity index (χ0n) is 13.1. The van der Waals surface area contributed by atoms with E-state index < -0.39 is 5.97 Å². The minimum absolute atomic E-state index is 0.148. The molecule has 0 heterocycles. The van der Waals surface area contributed by atoms with Crippen molar-refractivity contribution in [3.63, 3.8) is 0 Å². The third kappa shape index (κ3) is 4.25. The Kier molecular flexibility index (Phi) is 5.42. The van der Waals surface area contributed by atoms with E-state index in [-0.39, 0.29) is 6.61 Å². The van der Waals surface area contributed by atoms with Gasteiger partial charge in [0.2, 0.25) is 0 Å². The predicted molar refractivity (Wildman–Crippen MR) is 84.7 cm³/mol. The molecule has 0 atom stereocenters. The Morgan fingerprint density at radius 2 is 1.68 bits per heavy atom. The van der Waals surface area contributed by atoms with Crippen molar-refractivity contribution in [2.45, 2.75) is 20.8 Å². The highest BCUT2D eigenvalue weighted by atomic mass is 16.6. The maximum absolute atomic E-state index is 11.9. The molecule has 0 spiro atoms. The van der Waals surface area contributed by atoms with E-state index in [4.69, 9.17) is 14.2 Å². The van der Waals surface area contributed by atoms with E-state index in [0.717, 1.165) is 11.1 Å². The number of carbonyl (C=O) groups excluding carboxylic acids is 1. The van der Waals surface area contributed by atoms with Crippen molar-refractivity contribution in [3.05, 3.63) is 53.6 Å². The van der Waals surface area contributed by atoms with E-state index >= 15 is 0 Å². The Labute approximate surface area is 130 Å². The molecule has 0 saturated heterocycles. The van der Waals surface area contributed by atoms with Gasteiger partial charge in [-0.2, -0.15) is 0 Å². The lowest BCUT2D eigenvalue weighted by Crippen LogP contribution is -2.18. The molecule has 0 unspecified atom stereocenters. The Hall–Kier alpha value is -2.49. The van der Waals surface area contributed by atoms with Crippen molar-refractivity contribution in [1.29, 1.82) is 0 Å². The van der Waals surface area contributed by atoms with Crippen LogP contribution >= 0.6 is 0 Å². The summed E-state index contributed by atoms with van der Waals surface area (Å²) in [5.74, 6) is 1.17. The van der Waals surface area contributed by atoms with Gasteiger partial charge in [0, 0.05) is 0 Å². The summed E-state index contributed by atoms with van der Waals surface area (Å²) in [5, 5.41) is 0. The fraction of sp³-hybridized carbons (Fsp3) is 0.278. The van der Waals surface area contributed by atoms with E-state index in [9.17, 15) is 4.79 Å². The van der Waals surface area contributed by atoms with Crippen LogP contribution in [0, 0.1) is 13.8 Å². The minimum atomic E-state index is -0.465. The van der Waals surface area contributed by atoms with Crippen LogP contribution < -0.4 is 14.2 Å². The highest BCUT2D eigenvalue weighted by molar-refractivity contribution is 5.74. The summed E-state index contributed by atoms with van der Waals surface area (Å²) in [6.07, 6.45) is 0. The molecule has 4 nitrogen and oxygen atoms in total. The quantitative estimate of drug-likeness (QED) is 0.603. The van der Waals surface area contributed by atoms with Gasteiger partial charge in [0.25, 0.3) is 0 Å². The molecule has 0 aliphatic heterocycles. The summed E-state index contributed by atoms with van der Waals surface area (Å²) in [7, 11) is 0. The van der Waals surface area contributed by atoms with Gasteiger partial charge in [0.1, 0.15) is 5.75 Å². The van der Waals surface area contributed by atoms with Crippen LogP contribution in [0.4, 0.5) is 0 Å². The van der Waals surface area contributed by atoms with Gasteiger partial charge in [-0.1, -0.05) is 24.3 Å². The fourth-order valence-electron chi connectivity index (χ4n) is 1.96. The Balaban J connectivity index is 1.97. The lowest BCUT2D eigenvalue weighted by molar-refractivity contribution is -0.136. The van der Waals surface area contributed by atoms with E-state index in [1.807, 2.05) is 45.0 Å². The van der Waals surface area contributed by atoms with E-state index in [1.165, 1.54) is 0 Å². The van der Waals surface area contributed by atoms with Crippen molar-refractivity contribution in [2.24, 2.45) is 0 Å². The van der Waals surface area contributed by atoms with Crippen LogP contribution in [0.15, 0.2) is 42.5 Å². The Bertz CT molecular complexity index is 649. The number of carbonyl (C=O) groups is 1. The van der Waals surface area contributed by atoms with Crippen molar-refractivity contribution in [2.75, 3.05) is 13.2 Å². The standard InChI is InChI=1S/C18H20O4/c1-4-20-15-7-5-6-8-16(15)22-18(19)12-21-17-11-13(2)9-10-14(17)3/h5-11H,4,12H2,1-3H3. The molecule has 0 saturated carbocycles. The van der Waals surface area contributed by atoms with Crippen LogP contribution in [0.3, 0.4) is 0 Å². The van der Waals surface area contributed by atoms with Crippen LogP contribution in [0.1, 0.15) is 18.1 Å². The molecule has 0 fully saturated rings. The van der Waals surface area contributed by atoms with Crippen LogP contribution in [-0.2, 0) is 4.79 Å². The summed E-state index contributed by atoms with van der Waals surface area (Å²) in [6, 6.07) is 12.9. The normalized spacial score (nSPS) is 10.1. The Morgan fingerprint density at radius 3 is 2.41 bits per heavy atom. The highest BCUT2D eigenvalue weighted by Crippen LogP contribution is 2.26. The first-order chi connectivity index (χ1) is 10.6. The van der Waals surface area contributed by atoms with Gasteiger partial charge in [-0.3, -0.25) is 0 Å². The zero-order chi connectivity index (χ0) is 15.9. The third-order valence-electron chi connectivity index (χ3n) is 3.06. The number of esters is 1.